The number of Topliss-reactive ketones (excluding diaryl/α,β-unsaturated/α-hetero) is 1. The van der Waals surface area contributed by atoms with E-state index in [-0.39, 0.29) is 0 Å². The van der Waals surface area contributed by atoms with Gasteiger partial charge in [0, 0.05) is 27.5 Å². The van der Waals surface area contributed by atoms with Crippen molar-refractivity contribution in [2.24, 2.45) is 0 Å². The van der Waals surface area contributed by atoms with Crippen LogP contribution in [-0.4, -0.2) is 22.7 Å². The highest BCUT2D eigenvalue weighted by Crippen LogP contribution is 2.47. The molecule has 2 aromatic rings. The number of carbonyl (C=O) groups excluding carboxylic acids is 1. The Bertz CT molecular complexity index is 824. The lowest BCUT2D eigenvalue weighted by Crippen LogP contribution is -2.44. The fraction of sp³-hybridized carbons (Fsp3) is 0.200. The molecular formula is C15H10F4NO2S+. The summed E-state index contributed by atoms with van der Waals surface area (Å²) in [6.45, 7) is 1.92. The van der Waals surface area contributed by atoms with Crippen molar-refractivity contribution < 1.29 is 32.0 Å². The number of hydrogen-bond donors (Lipinski definition) is 1. The van der Waals surface area contributed by atoms with Crippen molar-refractivity contribution >= 4 is 22.8 Å². The smallest absolute Gasteiger partial charge is 0.385 e. The van der Waals surface area contributed by atoms with Crippen LogP contribution in [0.25, 0.3) is 16.1 Å². The minimum Gasteiger partial charge on any atom is -0.501 e. The highest BCUT2D eigenvalue weighted by molar-refractivity contribution is 7.15. The van der Waals surface area contributed by atoms with Crippen LogP contribution < -0.4 is 4.57 Å². The van der Waals surface area contributed by atoms with Crippen molar-refractivity contribution in [1.29, 1.82) is 0 Å². The molecule has 0 saturated heterocycles. The van der Waals surface area contributed by atoms with Gasteiger partial charge in [-0.15, -0.1) is 11.3 Å². The Morgan fingerprint density at radius 2 is 1.65 bits per heavy atom. The van der Waals surface area contributed by atoms with Crippen molar-refractivity contribution in [1.82, 2.24) is 0 Å². The molecule has 0 saturated carbocycles. The molecule has 0 radical (unpaired) electrons. The van der Waals surface area contributed by atoms with Crippen LogP contribution in [0.3, 0.4) is 0 Å². The lowest BCUT2D eigenvalue weighted by molar-refractivity contribution is -0.578. The number of aliphatic hydroxyl groups excluding tert-OH is 1. The summed E-state index contributed by atoms with van der Waals surface area (Å²) in [5.74, 6) is -13.9. The number of thiophene rings is 1. The zero-order valence-corrected chi connectivity index (χ0v) is 12.5. The van der Waals surface area contributed by atoms with E-state index in [9.17, 15) is 27.5 Å². The third kappa shape index (κ3) is 2.16. The lowest BCUT2D eigenvalue weighted by Gasteiger charge is -2.15. The van der Waals surface area contributed by atoms with Gasteiger partial charge in [0.1, 0.15) is 0 Å². The average molecular weight is 344 g/mol. The fourth-order valence-corrected chi connectivity index (χ4v) is 3.14. The number of alkyl halides is 4. The van der Waals surface area contributed by atoms with Crippen molar-refractivity contribution in [2.75, 3.05) is 0 Å². The molecule has 2 aromatic heterocycles. The first-order valence-electron chi connectivity index (χ1n) is 6.49. The predicted molar refractivity (Wildman–Crippen MR) is 75.4 cm³/mol. The Hall–Kier alpha value is -2.22. The molecule has 0 atom stereocenters. The summed E-state index contributed by atoms with van der Waals surface area (Å²) in [7, 11) is 0. The SMILES string of the molecule is Cc1ccc(-c2cc[n+](C3=C(O)C(F)(F)C(F)(F)C3=O)cc2)s1. The second kappa shape index (κ2) is 4.89. The molecule has 1 aliphatic carbocycles. The van der Waals surface area contributed by atoms with E-state index < -0.39 is 29.1 Å². The highest BCUT2D eigenvalue weighted by Gasteiger charge is 2.74. The first-order valence-corrected chi connectivity index (χ1v) is 7.30. The first kappa shape index (κ1) is 15.7. The van der Waals surface area contributed by atoms with E-state index in [1.807, 2.05) is 19.1 Å². The molecule has 0 aliphatic heterocycles. The minimum atomic E-state index is -4.96. The van der Waals surface area contributed by atoms with Crippen LogP contribution in [0.5, 0.6) is 0 Å². The second-order valence-electron chi connectivity index (χ2n) is 5.08. The third-order valence-electron chi connectivity index (χ3n) is 3.53. The summed E-state index contributed by atoms with van der Waals surface area (Å²) in [6.07, 6.45) is 2.37. The molecule has 0 unspecified atom stereocenters. The van der Waals surface area contributed by atoms with E-state index in [0.29, 0.717) is 0 Å². The lowest BCUT2D eigenvalue weighted by atomic mass is 10.2. The molecule has 23 heavy (non-hydrogen) atoms. The van der Waals surface area contributed by atoms with Crippen molar-refractivity contribution in [3.05, 3.63) is 47.3 Å². The van der Waals surface area contributed by atoms with Crippen LogP contribution in [0.2, 0.25) is 0 Å². The van der Waals surface area contributed by atoms with Crippen molar-refractivity contribution in [2.45, 2.75) is 18.8 Å². The molecule has 0 fully saturated rings. The average Bonchev–Trinajstić information content (AvgIpc) is 2.97. The van der Waals surface area contributed by atoms with Gasteiger partial charge in [0.2, 0.25) is 5.76 Å². The maximum Gasteiger partial charge on any atom is 0.385 e. The van der Waals surface area contributed by atoms with E-state index >= 15 is 0 Å². The van der Waals surface area contributed by atoms with Crippen LogP contribution in [-0.2, 0) is 4.79 Å². The van der Waals surface area contributed by atoms with Gasteiger partial charge in [-0.1, -0.05) is 0 Å². The Morgan fingerprint density at radius 1 is 1.04 bits per heavy atom. The molecule has 120 valence electrons. The molecule has 1 N–H and O–H groups in total. The molecule has 8 heteroatoms. The quantitative estimate of drug-likeness (QED) is 0.668. The number of halogens is 4. The highest BCUT2D eigenvalue weighted by atomic mass is 32.1. The van der Waals surface area contributed by atoms with Crippen LogP contribution in [0.1, 0.15) is 4.88 Å². The Balaban J connectivity index is 2.03. The Kier molecular flexibility index (Phi) is 3.33. The van der Waals surface area contributed by atoms with E-state index in [0.717, 1.165) is 19.9 Å². The molecule has 3 nitrogen and oxygen atoms in total. The summed E-state index contributed by atoms with van der Waals surface area (Å²) in [6, 6.07) is 6.75. The van der Waals surface area contributed by atoms with E-state index in [2.05, 4.69) is 0 Å². The summed E-state index contributed by atoms with van der Waals surface area (Å²) in [4.78, 5) is 13.5. The largest absolute Gasteiger partial charge is 0.501 e. The summed E-state index contributed by atoms with van der Waals surface area (Å²) in [5.41, 5.74) is -0.377. The molecule has 0 spiro atoms. The van der Waals surface area contributed by atoms with Gasteiger partial charge in [-0.2, -0.15) is 22.1 Å². The second-order valence-corrected chi connectivity index (χ2v) is 6.37. The van der Waals surface area contributed by atoms with E-state index in [1.165, 1.54) is 35.9 Å². The van der Waals surface area contributed by atoms with Gasteiger partial charge in [0.05, 0.1) is 0 Å². The predicted octanol–water partition coefficient (Wildman–Crippen LogP) is 3.59. The molecule has 3 rings (SSSR count). The van der Waals surface area contributed by atoms with Gasteiger partial charge in [0.25, 0.3) is 0 Å². The first-order chi connectivity index (χ1) is 10.7. The van der Waals surface area contributed by atoms with Crippen LogP contribution >= 0.6 is 11.3 Å². The molecule has 0 amide bonds. The van der Waals surface area contributed by atoms with Gasteiger partial charge in [-0.05, 0) is 19.1 Å². The van der Waals surface area contributed by atoms with E-state index in [1.54, 1.807) is 0 Å². The summed E-state index contributed by atoms with van der Waals surface area (Å²) >= 11 is 1.50. The maximum atomic E-state index is 13.4. The van der Waals surface area contributed by atoms with E-state index in [4.69, 9.17) is 0 Å². The topological polar surface area (TPSA) is 41.2 Å². The minimum absolute atomic E-state index is 0.739. The van der Waals surface area contributed by atoms with Gasteiger partial charge in [-0.3, -0.25) is 4.79 Å². The van der Waals surface area contributed by atoms with Crippen molar-refractivity contribution in [3.63, 3.8) is 0 Å². The molecule has 2 heterocycles. The number of hydrogen-bond acceptors (Lipinski definition) is 3. The molecule has 1 aliphatic rings. The van der Waals surface area contributed by atoms with Crippen molar-refractivity contribution in [3.8, 4) is 10.4 Å². The number of aryl methyl sites for hydroxylation is 1. The zero-order valence-electron chi connectivity index (χ0n) is 11.7. The standard InChI is InChI=1S/C15H9F4NO2S/c1-8-2-3-10(23-8)9-4-6-20(7-5-9)11-12(21)14(16,17)15(18,19)13(11)22/h2-7H,1H3/p+1. The number of nitrogens with zero attached hydrogens (tertiary/aromatic N) is 1. The number of ketones is 1. The summed E-state index contributed by atoms with van der Waals surface area (Å²) in [5, 5.41) is 9.38. The van der Waals surface area contributed by atoms with Gasteiger partial charge in [-0.25, -0.2) is 0 Å². The molecule has 0 aromatic carbocycles. The van der Waals surface area contributed by atoms with Crippen LogP contribution in [0, 0.1) is 6.92 Å². The monoisotopic (exact) mass is 344 g/mol. The zero-order chi connectivity index (χ0) is 17.0. The number of allylic oxidation sites excluding steroid dienone is 2. The number of aromatic nitrogens is 1. The van der Waals surface area contributed by atoms with Crippen LogP contribution in [0.4, 0.5) is 17.6 Å². The third-order valence-corrected chi connectivity index (χ3v) is 4.58. The number of carbonyl (C=O) groups is 1. The van der Waals surface area contributed by atoms with Gasteiger partial charge < -0.3 is 5.11 Å². The number of aliphatic hydroxyl groups is 1. The van der Waals surface area contributed by atoms with Gasteiger partial charge >= 0.3 is 23.3 Å². The number of rotatable bonds is 2. The molecular weight excluding hydrogens is 334 g/mol. The Labute approximate surface area is 132 Å². The maximum absolute atomic E-state index is 13.4. The molecule has 0 bridgehead atoms. The Morgan fingerprint density at radius 3 is 2.09 bits per heavy atom. The van der Waals surface area contributed by atoms with Crippen LogP contribution in [0.15, 0.2) is 42.4 Å². The number of pyridine rings is 1. The van der Waals surface area contributed by atoms with Gasteiger partial charge in [0.15, 0.2) is 12.4 Å². The fourth-order valence-electron chi connectivity index (χ4n) is 2.27. The summed E-state index contributed by atoms with van der Waals surface area (Å²) < 4.78 is 54.2. The normalized spacial score (nSPS) is 19.4.